The number of halogens is 1. The molecule has 1 aromatic carbocycles. The molecule has 0 radical (unpaired) electrons. The van der Waals surface area contributed by atoms with Crippen LogP contribution in [0.4, 0.5) is 4.39 Å². The zero-order chi connectivity index (χ0) is 13.2. The van der Waals surface area contributed by atoms with Crippen LogP contribution in [0.1, 0.15) is 29.2 Å². The summed E-state index contributed by atoms with van der Waals surface area (Å²) in [7, 11) is 0. The van der Waals surface area contributed by atoms with Gasteiger partial charge in [-0.25, -0.2) is 4.39 Å². The number of rotatable bonds is 3. The Bertz CT molecular complexity index is 579. The van der Waals surface area contributed by atoms with Gasteiger partial charge in [0.2, 0.25) is 0 Å². The molecule has 0 aliphatic carbocycles. The Morgan fingerprint density at radius 3 is 3.05 bits per heavy atom. The fourth-order valence-electron chi connectivity index (χ4n) is 2.40. The molecule has 100 valence electrons. The van der Waals surface area contributed by atoms with Crippen molar-refractivity contribution < 1.29 is 4.39 Å². The number of aryl methyl sites for hydroxylation is 1. The number of thioether (sulfide) groups is 1. The van der Waals surface area contributed by atoms with E-state index in [9.17, 15) is 4.39 Å². The Morgan fingerprint density at radius 1 is 1.37 bits per heavy atom. The number of benzene rings is 1. The Balaban J connectivity index is 1.77. The molecule has 0 fully saturated rings. The highest BCUT2D eigenvalue weighted by molar-refractivity contribution is 7.99. The first-order chi connectivity index (χ1) is 9.25. The van der Waals surface area contributed by atoms with Gasteiger partial charge in [0.25, 0.3) is 0 Å². The van der Waals surface area contributed by atoms with Crippen molar-refractivity contribution in [2.45, 2.75) is 30.8 Å². The van der Waals surface area contributed by atoms with E-state index in [1.807, 2.05) is 12.1 Å². The summed E-state index contributed by atoms with van der Waals surface area (Å²) in [5.41, 5.74) is 3.80. The van der Waals surface area contributed by atoms with E-state index in [2.05, 4.69) is 23.0 Å². The van der Waals surface area contributed by atoms with Crippen LogP contribution in [0.3, 0.4) is 0 Å². The Hall–Kier alpha value is -0.840. The molecular weight excluding hydrogens is 277 g/mol. The van der Waals surface area contributed by atoms with Crippen LogP contribution in [0.15, 0.2) is 33.9 Å². The molecule has 1 unspecified atom stereocenters. The van der Waals surface area contributed by atoms with E-state index in [0.29, 0.717) is 0 Å². The van der Waals surface area contributed by atoms with Gasteiger partial charge in [0.05, 0.1) is 0 Å². The molecule has 0 bridgehead atoms. The molecule has 1 N–H and O–H groups in total. The van der Waals surface area contributed by atoms with E-state index in [1.165, 1.54) is 11.1 Å². The molecule has 0 saturated carbocycles. The largest absolute Gasteiger partial charge is 0.306 e. The minimum Gasteiger partial charge on any atom is -0.306 e. The summed E-state index contributed by atoms with van der Waals surface area (Å²) in [6.45, 7) is 3.00. The van der Waals surface area contributed by atoms with Crippen molar-refractivity contribution in [1.29, 1.82) is 0 Å². The summed E-state index contributed by atoms with van der Waals surface area (Å²) in [5.74, 6) is 0.898. The third-order valence-electron chi connectivity index (χ3n) is 3.53. The van der Waals surface area contributed by atoms with E-state index in [-0.39, 0.29) is 11.9 Å². The lowest BCUT2D eigenvalue weighted by Gasteiger charge is -2.26. The third-order valence-corrected chi connectivity index (χ3v) is 5.60. The number of hydrogen-bond acceptors (Lipinski definition) is 3. The standard InChI is InChI=1S/C15H16FNS2/c1-10-8-18-9-11(10)7-17-14-5-6-19-15-12(14)3-2-4-13(15)16/h2-4,8-9,14,17H,5-7H2,1H3. The molecule has 2 aromatic rings. The minimum absolute atomic E-state index is 0.0827. The number of nitrogens with one attached hydrogen (secondary N) is 1. The van der Waals surface area contributed by atoms with Gasteiger partial charge in [-0.1, -0.05) is 12.1 Å². The first kappa shape index (κ1) is 13.2. The molecule has 19 heavy (non-hydrogen) atoms. The summed E-state index contributed by atoms with van der Waals surface area (Å²) in [6.07, 6.45) is 1.06. The average Bonchev–Trinajstić information content (AvgIpc) is 2.82. The maximum Gasteiger partial charge on any atom is 0.137 e. The van der Waals surface area contributed by atoms with E-state index >= 15 is 0 Å². The molecule has 1 aliphatic rings. The lowest BCUT2D eigenvalue weighted by atomic mass is 10.0. The quantitative estimate of drug-likeness (QED) is 0.893. The lowest BCUT2D eigenvalue weighted by Crippen LogP contribution is -2.24. The van der Waals surface area contributed by atoms with Crippen LogP contribution >= 0.6 is 23.1 Å². The van der Waals surface area contributed by atoms with Crippen molar-refractivity contribution in [3.63, 3.8) is 0 Å². The van der Waals surface area contributed by atoms with Crippen molar-refractivity contribution in [3.05, 3.63) is 51.5 Å². The van der Waals surface area contributed by atoms with Crippen LogP contribution in [0.5, 0.6) is 0 Å². The molecule has 1 nitrogen and oxygen atoms in total. The zero-order valence-electron chi connectivity index (χ0n) is 10.8. The summed E-state index contributed by atoms with van der Waals surface area (Å²) >= 11 is 3.37. The van der Waals surface area contributed by atoms with E-state index in [0.717, 1.165) is 29.2 Å². The fraction of sp³-hybridized carbons (Fsp3) is 0.333. The van der Waals surface area contributed by atoms with Crippen LogP contribution in [-0.2, 0) is 6.54 Å². The van der Waals surface area contributed by atoms with E-state index in [1.54, 1.807) is 29.2 Å². The number of hydrogen-bond donors (Lipinski definition) is 1. The van der Waals surface area contributed by atoms with Crippen LogP contribution in [0.2, 0.25) is 0 Å². The molecule has 3 rings (SSSR count). The second-order valence-corrected chi connectivity index (χ2v) is 6.66. The van der Waals surface area contributed by atoms with Crippen LogP contribution < -0.4 is 5.32 Å². The smallest absolute Gasteiger partial charge is 0.137 e. The van der Waals surface area contributed by atoms with Gasteiger partial charge in [-0.2, -0.15) is 11.3 Å². The third kappa shape index (κ3) is 2.71. The molecular formula is C15H16FNS2. The predicted molar refractivity (Wildman–Crippen MR) is 80.4 cm³/mol. The van der Waals surface area contributed by atoms with Gasteiger partial charge in [0.15, 0.2) is 0 Å². The average molecular weight is 293 g/mol. The minimum atomic E-state index is -0.0827. The monoisotopic (exact) mass is 293 g/mol. The molecule has 4 heteroatoms. The Morgan fingerprint density at radius 2 is 2.26 bits per heavy atom. The summed E-state index contributed by atoms with van der Waals surface area (Å²) in [6, 6.07) is 5.68. The SMILES string of the molecule is Cc1cscc1CNC1CCSc2c(F)cccc21. The van der Waals surface area contributed by atoms with Crippen molar-refractivity contribution in [3.8, 4) is 0 Å². The van der Waals surface area contributed by atoms with Gasteiger partial charge < -0.3 is 5.32 Å². The fourth-order valence-corrected chi connectivity index (χ4v) is 4.40. The zero-order valence-corrected chi connectivity index (χ0v) is 12.4. The highest BCUT2D eigenvalue weighted by Crippen LogP contribution is 2.37. The summed E-state index contributed by atoms with van der Waals surface area (Å²) in [4.78, 5) is 0.827. The summed E-state index contributed by atoms with van der Waals surface area (Å²) < 4.78 is 13.8. The van der Waals surface area contributed by atoms with Gasteiger partial charge in [0.1, 0.15) is 5.82 Å². The maximum absolute atomic E-state index is 13.8. The normalized spacial score (nSPS) is 18.3. The second kappa shape index (κ2) is 5.65. The van der Waals surface area contributed by atoms with Crippen molar-refractivity contribution >= 4 is 23.1 Å². The van der Waals surface area contributed by atoms with E-state index in [4.69, 9.17) is 0 Å². The van der Waals surface area contributed by atoms with Crippen molar-refractivity contribution in [1.82, 2.24) is 5.32 Å². The van der Waals surface area contributed by atoms with Gasteiger partial charge in [-0.15, -0.1) is 11.8 Å². The predicted octanol–water partition coefficient (Wildman–Crippen LogP) is 4.52. The van der Waals surface area contributed by atoms with E-state index < -0.39 is 0 Å². The second-order valence-electron chi connectivity index (χ2n) is 4.81. The topological polar surface area (TPSA) is 12.0 Å². The van der Waals surface area contributed by atoms with Crippen molar-refractivity contribution in [2.75, 3.05) is 5.75 Å². The van der Waals surface area contributed by atoms with Crippen LogP contribution in [0.25, 0.3) is 0 Å². The highest BCUT2D eigenvalue weighted by atomic mass is 32.2. The molecule has 0 amide bonds. The van der Waals surface area contributed by atoms with Crippen LogP contribution in [-0.4, -0.2) is 5.75 Å². The maximum atomic E-state index is 13.8. The number of thiophene rings is 1. The lowest BCUT2D eigenvalue weighted by molar-refractivity contribution is 0.496. The van der Waals surface area contributed by atoms with Gasteiger partial charge >= 0.3 is 0 Å². The van der Waals surface area contributed by atoms with Gasteiger partial charge in [-0.05, 0) is 52.6 Å². The van der Waals surface area contributed by atoms with Gasteiger partial charge in [-0.3, -0.25) is 0 Å². The Labute approximate surface area is 121 Å². The molecule has 0 spiro atoms. The molecule has 0 saturated heterocycles. The first-order valence-electron chi connectivity index (χ1n) is 6.42. The molecule has 1 aromatic heterocycles. The van der Waals surface area contributed by atoms with Gasteiger partial charge in [0, 0.05) is 17.5 Å². The molecule has 1 aliphatic heterocycles. The first-order valence-corrected chi connectivity index (χ1v) is 8.35. The van der Waals surface area contributed by atoms with Crippen LogP contribution in [0, 0.1) is 12.7 Å². The highest BCUT2D eigenvalue weighted by Gasteiger charge is 2.22. The molecule has 1 atom stereocenters. The molecule has 2 heterocycles. The Kier molecular flexibility index (Phi) is 3.91. The van der Waals surface area contributed by atoms with Crippen molar-refractivity contribution in [2.24, 2.45) is 0 Å². The summed E-state index contributed by atoms with van der Waals surface area (Å²) in [5, 5.41) is 7.93. The number of fused-ring (bicyclic) bond motifs is 1.